The van der Waals surface area contributed by atoms with Crippen LogP contribution in [0.15, 0.2) is 60.7 Å². The van der Waals surface area contributed by atoms with Crippen molar-refractivity contribution >= 4 is 24.0 Å². The number of esters is 1. The molecular formula is C28H24O12. The standard InChI is InChI=1S/C28H24O12/c1-37-21-11-15(2-6-18(21)30)12-23(27(33)34)38-24(32)9-4-14-3-8-20-22(10-14)40-26(28(35)36)25(39-20)16-5-7-17(29)19(31)13-16/h2-11,13,23,25-26,29-31H,12H2,1H3,(H,33,34)(H,35,36)/t23-,25+,26+/m0/s1. The number of carbonyl (C=O) groups is 3. The zero-order valence-corrected chi connectivity index (χ0v) is 20.9. The molecule has 1 aliphatic rings. The van der Waals surface area contributed by atoms with E-state index in [-0.39, 0.29) is 40.7 Å². The molecule has 12 heteroatoms. The van der Waals surface area contributed by atoms with Gasteiger partial charge in [-0.05, 0) is 53.6 Å². The Morgan fingerprint density at radius 2 is 1.65 bits per heavy atom. The predicted molar refractivity (Wildman–Crippen MR) is 137 cm³/mol. The third-order valence-corrected chi connectivity index (χ3v) is 5.93. The summed E-state index contributed by atoms with van der Waals surface area (Å²) >= 11 is 0. The molecule has 4 rings (SSSR count). The normalized spacial score (nSPS) is 16.7. The second-order valence-corrected chi connectivity index (χ2v) is 8.68. The molecule has 1 aliphatic heterocycles. The largest absolute Gasteiger partial charge is 0.504 e. The summed E-state index contributed by atoms with van der Waals surface area (Å²) < 4.78 is 21.6. The molecule has 12 nitrogen and oxygen atoms in total. The SMILES string of the molecule is COc1cc(C[C@H](OC(=O)C=Cc2ccc3c(c2)O[C@@H](C(=O)O)[C@@H](c2ccc(O)c(O)c2)O3)C(=O)O)ccc1O. The molecule has 0 saturated heterocycles. The van der Waals surface area contributed by atoms with Crippen LogP contribution in [0.25, 0.3) is 6.08 Å². The van der Waals surface area contributed by atoms with Crippen LogP contribution >= 0.6 is 0 Å². The van der Waals surface area contributed by atoms with Gasteiger partial charge in [0, 0.05) is 18.1 Å². The number of carbonyl (C=O) groups excluding carboxylic acids is 1. The lowest BCUT2D eigenvalue weighted by Crippen LogP contribution is -2.39. The number of aliphatic carboxylic acids is 2. The molecule has 0 spiro atoms. The van der Waals surface area contributed by atoms with E-state index in [4.69, 9.17) is 18.9 Å². The smallest absolute Gasteiger partial charge is 0.349 e. The maximum Gasteiger partial charge on any atom is 0.349 e. The highest BCUT2D eigenvalue weighted by Crippen LogP contribution is 2.41. The van der Waals surface area contributed by atoms with Crippen molar-refractivity contribution in [2.24, 2.45) is 0 Å². The van der Waals surface area contributed by atoms with E-state index in [1.165, 1.54) is 61.7 Å². The van der Waals surface area contributed by atoms with E-state index < -0.39 is 42.0 Å². The van der Waals surface area contributed by atoms with E-state index in [1.807, 2.05) is 0 Å². The first-order valence-corrected chi connectivity index (χ1v) is 11.7. The van der Waals surface area contributed by atoms with Crippen LogP contribution in [0.2, 0.25) is 0 Å². The summed E-state index contributed by atoms with van der Waals surface area (Å²) in [5.41, 5.74) is 1.12. The lowest BCUT2D eigenvalue weighted by Gasteiger charge is -2.32. The fourth-order valence-corrected chi connectivity index (χ4v) is 3.94. The average Bonchev–Trinajstić information content (AvgIpc) is 2.93. The van der Waals surface area contributed by atoms with Crippen LogP contribution in [0.3, 0.4) is 0 Å². The van der Waals surface area contributed by atoms with E-state index in [0.29, 0.717) is 11.1 Å². The Morgan fingerprint density at radius 3 is 2.33 bits per heavy atom. The van der Waals surface area contributed by atoms with Gasteiger partial charge in [-0.15, -0.1) is 0 Å². The molecule has 3 aromatic carbocycles. The molecule has 0 aliphatic carbocycles. The molecule has 0 amide bonds. The minimum absolute atomic E-state index is 0.0758. The van der Waals surface area contributed by atoms with Gasteiger partial charge >= 0.3 is 17.9 Å². The Labute approximate surface area is 226 Å². The molecule has 0 unspecified atom stereocenters. The summed E-state index contributed by atoms with van der Waals surface area (Å²) in [5, 5.41) is 48.2. The number of hydrogen-bond acceptors (Lipinski definition) is 10. The molecule has 0 radical (unpaired) electrons. The fraction of sp³-hybridized carbons (Fsp3) is 0.179. The molecule has 0 bridgehead atoms. The highest BCUT2D eigenvalue weighted by atomic mass is 16.6. The molecule has 5 N–H and O–H groups in total. The fourth-order valence-electron chi connectivity index (χ4n) is 3.94. The number of phenolic OH excluding ortho intramolecular Hbond substituents is 3. The van der Waals surface area contributed by atoms with Crippen molar-refractivity contribution < 1.29 is 58.9 Å². The van der Waals surface area contributed by atoms with Crippen LogP contribution in [0.5, 0.6) is 34.5 Å². The number of carboxylic acid groups (broad SMARTS) is 2. The van der Waals surface area contributed by atoms with Crippen LogP contribution in [-0.4, -0.2) is 62.8 Å². The Balaban J connectivity index is 1.47. The molecular weight excluding hydrogens is 528 g/mol. The maximum absolute atomic E-state index is 12.4. The van der Waals surface area contributed by atoms with Crippen LogP contribution in [0, 0.1) is 0 Å². The quantitative estimate of drug-likeness (QED) is 0.148. The zero-order chi connectivity index (χ0) is 29.0. The number of carboxylic acids is 2. The van der Waals surface area contributed by atoms with Gasteiger partial charge in [-0.3, -0.25) is 0 Å². The molecule has 3 atom stereocenters. The molecule has 0 saturated carbocycles. The molecule has 1 heterocycles. The number of ether oxygens (including phenoxy) is 4. The van der Waals surface area contributed by atoms with E-state index in [0.717, 1.165) is 6.08 Å². The van der Waals surface area contributed by atoms with Gasteiger partial charge in [0.05, 0.1) is 7.11 Å². The predicted octanol–water partition coefficient (Wildman–Crippen LogP) is 3.03. The van der Waals surface area contributed by atoms with Gasteiger partial charge < -0.3 is 44.5 Å². The number of phenols is 3. The highest BCUT2D eigenvalue weighted by Gasteiger charge is 2.38. The van der Waals surface area contributed by atoms with Gasteiger partial charge in [0.2, 0.25) is 12.2 Å². The van der Waals surface area contributed by atoms with Crippen molar-refractivity contribution in [2.45, 2.75) is 24.7 Å². The van der Waals surface area contributed by atoms with E-state index in [9.17, 15) is 39.9 Å². The number of hydrogen-bond donors (Lipinski definition) is 5. The van der Waals surface area contributed by atoms with Crippen LogP contribution in [0.4, 0.5) is 0 Å². The van der Waals surface area contributed by atoms with Crippen LogP contribution in [-0.2, 0) is 25.5 Å². The van der Waals surface area contributed by atoms with Crippen LogP contribution in [0.1, 0.15) is 22.8 Å². The van der Waals surface area contributed by atoms with Gasteiger partial charge in [0.1, 0.15) is 0 Å². The van der Waals surface area contributed by atoms with Crippen molar-refractivity contribution in [3.8, 4) is 34.5 Å². The van der Waals surface area contributed by atoms with Crippen molar-refractivity contribution in [3.05, 3.63) is 77.4 Å². The lowest BCUT2D eigenvalue weighted by atomic mass is 10.0. The second-order valence-electron chi connectivity index (χ2n) is 8.68. The second kappa shape index (κ2) is 11.6. The summed E-state index contributed by atoms with van der Waals surface area (Å²) in [4.78, 5) is 35.9. The maximum atomic E-state index is 12.4. The summed E-state index contributed by atoms with van der Waals surface area (Å²) in [6, 6.07) is 12.5. The van der Waals surface area contributed by atoms with Crippen molar-refractivity contribution in [2.75, 3.05) is 7.11 Å². The van der Waals surface area contributed by atoms with Crippen molar-refractivity contribution in [3.63, 3.8) is 0 Å². The minimum Gasteiger partial charge on any atom is -0.504 e. The first-order valence-electron chi connectivity index (χ1n) is 11.7. The Bertz CT molecular complexity index is 1480. The lowest BCUT2D eigenvalue weighted by molar-refractivity contribution is -0.160. The molecule has 40 heavy (non-hydrogen) atoms. The first-order chi connectivity index (χ1) is 19.0. The average molecular weight is 552 g/mol. The van der Waals surface area contributed by atoms with Crippen molar-refractivity contribution in [1.29, 1.82) is 0 Å². The third kappa shape index (κ3) is 6.18. The van der Waals surface area contributed by atoms with E-state index >= 15 is 0 Å². The Hall–Kier alpha value is -5.39. The highest BCUT2D eigenvalue weighted by molar-refractivity contribution is 5.89. The molecule has 3 aromatic rings. The number of aromatic hydroxyl groups is 3. The van der Waals surface area contributed by atoms with Gasteiger partial charge in [0.25, 0.3) is 0 Å². The summed E-state index contributed by atoms with van der Waals surface area (Å²) in [5.74, 6) is -4.18. The number of fused-ring (bicyclic) bond motifs is 1. The van der Waals surface area contributed by atoms with E-state index in [1.54, 1.807) is 6.07 Å². The van der Waals surface area contributed by atoms with Crippen LogP contribution < -0.4 is 14.2 Å². The number of rotatable bonds is 9. The van der Waals surface area contributed by atoms with Gasteiger partial charge in [-0.25, -0.2) is 14.4 Å². The molecule has 0 aromatic heterocycles. The Morgan fingerprint density at radius 1 is 0.900 bits per heavy atom. The first kappa shape index (κ1) is 27.6. The minimum atomic E-state index is -1.51. The number of methoxy groups -OCH3 is 1. The summed E-state index contributed by atoms with van der Waals surface area (Å²) in [7, 11) is 1.35. The third-order valence-electron chi connectivity index (χ3n) is 5.93. The topological polar surface area (TPSA) is 189 Å². The summed E-state index contributed by atoms with van der Waals surface area (Å²) in [6.45, 7) is 0. The van der Waals surface area contributed by atoms with Gasteiger partial charge in [0.15, 0.2) is 40.6 Å². The van der Waals surface area contributed by atoms with E-state index in [2.05, 4.69) is 0 Å². The zero-order valence-electron chi connectivity index (χ0n) is 20.9. The monoisotopic (exact) mass is 552 g/mol. The van der Waals surface area contributed by atoms with Gasteiger partial charge in [-0.1, -0.05) is 18.2 Å². The molecule has 208 valence electrons. The Kier molecular flexibility index (Phi) is 7.99. The van der Waals surface area contributed by atoms with Crippen molar-refractivity contribution in [1.82, 2.24) is 0 Å². The summed E-state index contributed by atoms with van der Waals surface area (Å²) in [6.07, 6.45) is -1.97. The number of benzene rings is 3. The molecule has 0 fully saturated rings. The van der Waals surface area contributed by atoms with Gasteiger partial charge in [-0.2, -0.15) is 0 Å².